The SMILES string of the molecule is F/C(=C\c1ccc2ccccc2c1)c1cccs1. The standard InChI is InChI=1S/C16H11FS/c17-15(16-6-3-9-18-16)11-12-7-8-13-4-1-2-5-14(13)10-12/h1-11H/b15-11-. The van der Waals surface area contributed by atoms with Crippen LogP contribution in [-0.4, -0.2) is 0 Å². The third-order valence-electron chi connectivity index (χ3n) is 2.82. The van der Waals surface area contributed by atoms with Crippen molar-refractivity contribution in [2.75, 3.05) is 0 Å². The molecule has 18 heavy (non-hydrogen) atoms. The second kappa shape index (κ2) is 4.75. The van der Waals surface area contributed by atoms with Crippen molar-refractivity contribution >= 4 is 34.0 Å². The lowest BCUT2D eigenvalue weighted by molar-refractivity contribution is 0.769. The molecule has 1 heterocycles. The fraction of sp³-hybridized carbons (Fsp3) is 0. The predicted molar refractivity (Wildman–Crippen MR) is 77.2 cm³/mol. The summed E-state index contributed by atoms with van der Waals surface area (Å²) in [5.74, 6) is -0.180. The zero-order valence-corrected chi connectivity index (χ0v) is 10.5. The molecule has 0 unspecified atom stereocenters. The summed E-state index contributed by atoms with van der Waals surface area (Å²) in [6.07, 6.45) is 1.58. The maximum Gasteiger partial charge on any atom is 0.140 e. The number of thiophene rings is 1. The molecule has 0 spiro atoms. The van der Waals surface area contributed by atoms with E-state index in [1.807, 2.05) is 47.8 Å². The molecule has 0 saturated carbocycles. The van der Waals surface area contributed by atoms with Crippen molar-refractivity contribution in [2.24, 2.45) is 0 Å². The molecule has 0 aliphatic rings. The van der Waals surface area contributed by atoms with Gasteiger partial charge in [0, 0.05) is 0 Å². The average molecular weight is 254 g/mol. The van der Waals surface area contributed by atoms with Gasteiger partial charge in [0.2, 0.25) is 0 Å². The third kappa shape index (κ3) is 2.20. The van der Waals surface area contributed by atoms with E-state index in [9.17, 15) is 4.39 Å². The van der Waals surface area contributed by atoms with Gasteiger partial charge in [-0.3, -0.25) is 0 Å². The van der Waals surface area contributed by atoms with Gasteiger partial charge in [-0.1, -0.05) is 42.5 Å². The summed E-state index contributed by atoms with van der Waals surface area (Å²) in [6, 6.07) is 17.7. The third-order valence-corrected chi connectivity index (χ3v) is 3.70. The Morgan fingerprint density at radius 2 is 1.78 bits per heavy atom. The predicted octanol–water partition coefficient (Wildman–Crippen LogP) is 5.37. The van der Waals surface area contributed by atoms with E-state index in [1.165, 1.54) is 16.7 Å². The molecule has 0 amide bonds. The summed E-state index contributed by atoms with van der Waals surface area (Å²) in [6.45, 7) is 0. The van der Waals surface area contributed by atoms with Crippen LogP contribution >= 0.6 is 11.3 Å². The topological polar surface area (TPSA) is 0 Å². The smallest absolute Gasteiger partial charge is 0.140 e. The lowest BCUT2D eigenvalue weighted by Crippen LogP contribution is -1.76. The lowest BCUT2D eigenvalue weighted by atomic mass is 10.1. The van der Waals surface area contributed by atoms with E-state index < -0.39 is 0 Å². The van der Waals surface area contributed by atoms with E-state index in [1.54, 1.807) is 12.1 Å². The van der Waals surface area contributed by atoms with Crippen molar-refractivity contribution in [1.82, 2.24) is 0 Å². The van der Waals surface area contributed by atoms with Crippen LogP contribution in [0.4, 0.5) is 4.39 Å². The van der Waals surface area contributed by atoms with Crippen molar-refractivity contribution in [2.45, 2.75) is 0 Å². The fourth-order valence-corrected chi connectivity index (χ4v) is 2.56. The Kier molecular flexibility index (Phi) is 2.95. The van der Waals surface area contributed by atoms with E-state index >= 15 is 0 Å². The quantitative estimate of drug-likeness (QED) is 0.576. The van der Waals surface area contributed by atoms with Crippen LogP contribution in [0.15, 0.2) is 60.0 Å². The van der Waals surface area contributed by atoms with Crippen molar-refractivity contribution in [3.63, 3.8) is 0 Å². The summed E-state index contributed by atoms with van der Waals surface area (Å²) in [4.78, 5) is 0.670. The van der Waals surface area contributed by atoms with Gasteiger partial charge in [0.25, 0.3) is 0 Å². The molecule has 0 N–H and O–H groups in total. The summed E-state index contributed by atoms with van der Waals surface area (Å²) in [5, 5.41) is 4.18. The molecule has 0 aliphatic heterocycles. The van der Waals surface area contributed by atoms with E-state index in [4.69, 9.17) is 0 Å². The zero-order chi connectivity index (χ0) is 12.4. The molecule has 0 fully saturated rings. The highest BCUT2D eigenvalue weighted by Crippen LogP contribution is 2.25. The number of hydrogen-bond acceptors (Lipinski definition) is 1. The van der Waals surface area contributed by atoms with Crippen LogP contribution in [-0.2, 0) is 0 Å². The number of rotatable bonds is 2. The van der Waals surface area contributed by atoms with Gasteiger partial charge in [-0.2, -0.15) is 0 Å². The Bertz CT molecular complexity index is 696. The van der Waals surface area contributed by atoms with E-state index in [0.717, 1.165) is 10.9 Å². The van der Waals surface area contributed by atoms with Crippen LogP contribution in [0.25, 0.3) is 22.7 Å². The average Bonchev–Trinajstić information content (AvgIpc) is 2.92. The van der Waals surface area contributed by atoms with E-state index in [2.05, 4.69) is 6.07 Å². The first-order valence-corrected chi connectivity index (χ1v) is 6.61. The van der Waals surface area contributed by atoms with Gasteiger partial charge in [0.1, 0.15) is 5.83 Å². The Hall–Kier alpha value is -1.93. The minimum absolute atomic E-state index is 0.180. The molecular weight excluding hydrogens is 243 g/mol. The van der Waals surface area contributed by atoms with Crippen molar-refractivity contribution in [1.29, 1.82) is 0 Å². The lowest BCUT2D eigenvalue weighted by Gasteiger charge is -1.99. The van der Waals surface area contributed by atoms with Crippen LogP contribution in [0.5, 0.6) is 0 Å². The number of hydrogen-bond donors (Lipinski definition) is 0. The molecule has 0 atom stereocenters. The van der Waals surface area contributed by atoms with Gasteiger partial charge < -0.3 is 0 Å². The maximum atomic E-state index is 13.9. The first kappa shape index (κ1) is 11.2. The Morgan fingerprint density at radius 3 is 2.56 bits per heavy atom. The number of benzene rings is 2. The highest BCUT2D eigenvalue weighted by atomic mass is 32.1. The molecule has 0 saturated heterocycles. The van der Waals surface area contributed by atoms with Gasteiger partial charge >= 0.3 is 0 Å². The van der Waals surface area contributed by atoms with Crippen LogP contribution in [0.1, 0.15) is 10.4 Å². The molecule has 3 rings (SSSR count). The summed E-state index contributed by atoms with van der Waals surface area (Å²) < 4.78 is 13.9. The fourth-order valence-electron chi connectivity index (χ4n) is 1.93. The Balaban J connectivity index is 2.02. The van der Waals surface area contributed by atoms with Crippen LogP contribution in [0.2, 0.25) is 0 Å². The highest BCUT2D eigenvalue weighted by Gasteiger charge is 2.01. The molecule has 0 radical (unpaired) electrons. The van der Waals surface area contributed by atoms with Gasteiger partial charge in [0.05, 0.1) is 4.88 Å². The van der Waals surface area contributed by atoms with Gasteiger partial charge in [0.15, 0.2) is 0 Å². The molecule has 88 valence electrons. The van der Waals surface area contributed by atoms with Gasteiger partial charge in [-0.15, -0.1) is 11.3 Å². The van der Waals surface area contributed by atoms with E-state index in [0.29, 0.717) is 4.88 Å². The van der Waals surface area contributed by atoms with Crippen molar-refractivity contribution in [3.8, 4) is 0 Å². The minimum atomic E-state index is -0.180. The van der Waals surface area contributed by atoms with Crippen LogP contribution < -0.4 is 0 Å². The highest BCUT2D eigenvalue weighted by molar-refractivity contribution is 7.11. The summed E-state index contributed by atoms with van der Waals surface area (Å²) in [5.41, 5.74) is 0.889. The normalized spacial score (nSPS) is 11.9. The zero-order valence-electron chi connectivity index (χ0n) is 9.64. The molecule has 3 aromatic rings. The Morgan fingerprint density at radius 1 is 0.944 bits per heavy atom. The first-order chi connectivity index (χ1) is 8.83. The molecule has 1 aromatic heterocycles. The second-order valence-electron chi connectivity index (χ2n) is 4.08. The Labute approximate surface area is 109 Å². The number of fused-ring (bicyclic) bond motifs is 1. The minimum Gasteiger partial charge on any atom is -0.205 e. The van der Waals surface area contributed by atoms with Gasteiger partial charge in [-0.05, 0) is 39.9 Å². The molecular formula is C16H11FS. The maximum absolute atomic E-state index is 13.9. The molecule has 2 heteroatoms. The summed E-state index contributed by atoms with van der Waals surface area (Å²) in [7, 11) is 0. The van der Waals surface area contributed by atoms with Crippen molar-refractivity contribution < 1.29 is 4.39 Å². The number of halogens is 1. The molecule has 0 aliphatic carbocycles. The molecule has 0 nitrogen and oxygen atoms in total. The van der Waals surface area contributed by atoms with Crippen LogP contribution in [0.3, 0.4) is 0 Å². The molecule has 2 aromatic carbocycles. The van der Waals surface area contributed by atoms with Gasteiger partial charge in [-0.25, -0.2) is 4.39 Å². The largest absolute Gasteiger partial charge is 0.205 e. The molecule has 0 bridgehead atoms. The van der Waals surface area contributed by atoms with E-state index in [-0.39, 0.29) is 5.83 Å². The van der Waals surface area contributed by atoms with Crippen LogP contribution in [0, 0.1) is 0 Å². The first-order valence-electron chi connectivity index (χ1n) is 5.73. The second-order valence-corrected chi connectivity index (χ2v) is 5.02. The van der Waals surface area contributed by atoms with Crippen molar-refractivity contribution in [3.05, 3.63) is 70.4 Å². The summed E-state index contributed by atoms with van der Waals surface area (Å²) >= 11 is 1.41. The monoisotopic (exact) mass is 254 g/mol.